The summed E-state index contributed by atoms with van der Waals surface area (Å²) in [6.07, 6.45) is 5.03. The summed E-state index contributed by atoms with van der Waals surface area (Å²) < 4.78 is 12.1. The van der Waals surface area contributed by atoms with Crippen LogP contribution >= 0.6 is 11.8 Å². The van der Waals surface area contributed by atoms with E-state index in [0.29, 0.717) is 26.1 Å². The van der Waals surface area contributed by atoms with Crippen LogP contribution in [0.2, 0.25) is 8.87 Å². The van der Waals surface area contributed by atoms with Crippen molar-refractivity contribution in [2.24, 2.45) is 0 Å². The molecule has 144 valence electrons. The number of carboxylic acid groups (broad SMARTS) is 1. The largest absolute Gasteiger partial charge is 0.480 e. The summed E-state index contributed by atoms with van der Waals surface area (Å²) in [6, 6.07) is 0. The molecular formula is C17H30O6SSn. The molecule has 0 saturated carbocycles. The van der Waals surface area contributed by atoms with Crippen LogP contribution < -0.4 is 0 Å². The van der Waals surface area contributed by atoms with Crippen LogP contribution in [0.5, 0.6) is 0 Å². The van der Waals surface area contributed by atoms with E-state index < -0.39 is 27.1 Å². The molecule has 1 rings (SSSR count). The molecule has 1 unspecified atom stereocenters. The number of thioether (sulfide) groups is 1. The number of esters is 2. The van der Waals surface area contributed by atoms with Gasteiger partial charge in [-0.25, -0.2) is 0 Å². The number of rotatable bonds is 13. The van der Waals surface area contributed by atoms with Crippen molar-refractivity contribution in [2.75, 3.05) is 19.0 Å². The third-order valence-corrected chi connectivity index (χ3v) is 7.46. The first-order valence-electron chi connectivity index (χ1n) is 8.87. The molecule has 1 N–H and O–H groups in total. The summed E-state index contributed by atoms with van der Waals surface area (Å²) >= 11 is 0.875. The summed E-state index contributed by atoms with van der Waals surface area (Å²) in [7, 11) is 0. The van der Waals surface area contributed by atoms with Gasteiger partial charge in [0.25, 0.3) is 0 Å². The van der Waals surface area contributed by atoms with Gasteiger partial charge in [0.2, 0.25) is 0 Å². The van der Waals surface area contributed by atoms with Gasteiger partial charge in [-0.3, -0.25) is 4.79 Å². The minimum Gasteiger partial charge on any atom is -0.480 e. The number of carbonyl (C=O) groups is 3. The van der Waals surface area contributed by atoms with Gasteiger partial charge in [0, 0.05) is 5.75 Å². The Morgan fingerprint density at radius 1 is 1.00 bits per heavy atom. The maximum atomic E-state index is 11.3. The summed E-state index contributed by atoms with van der Waals surface area (Å²) in [6.45, 7) is 5.23. The summed E-state index contributed by atoms with van der Waals surface area (Å²) in [5.74, 6) is -0.0188. The van der Waals surface area contributed by atoms with Gasteiger partial charge in [-0.05, 0) is 0 Å². The molecule has 1 heterocycles. The Balaban J connectivity index is 0.000000796. The average Bonchev–Trinajstić information content (AvgIpc) is 3.41. The molecule has 0 aromatic rings. The molecule has 0 spiro atoms. The first-order chi connectivity index (χ1) is 12.0. The van der Waals surface area contributed by atoms with E-state index in [1.165, 1.54) is 11.8 Å². The Morgan fingerprint density at radius 2 is 1.44 bits per heavy atom. The van der Waals surface area contributed by atoms with Crippen LogP contribution in [0.4, 0.5) is 0 Å². The maximum absolute atomic E-state index is 11.3. The molecule has 6 nitrogen and oxygen atoms in total. The van der Waals surface area contributed by atoms with Crippen LogP contribution in [0.25, 0.3) is 0 Å². The normalized spacial score (nSPS) is 14.9. The quantitative estimate of drug-likeness (QED) is 0.187. The SMILES string of the molecule is CCCCOC(=O)C[CH2][Sn][CH2]CC(=O)OCCCC.O=C(O)C1CS1. The van der Waals surface area contributed by atoms with Crippen molar-refractivity contribution in [1.82, 2.24) is 0 Å². The van der Waals surface area contributed by atoms with Crippen LogP contribution in [0.3, 0.4) is 0 Å². The molecule has 0 aromatic carbocycles. The first kappa shape index (κ1) is 24.6. The van der Waals surface area contributed by atoms with Crippen molar-refractivity contribution in [1.29, 1.82) is 0 Å². The second-order valence-electron chi connectivity index (χ2n) is 5.56. The van der Waals surface area contributed by atoms with Crippen LogP contribution in [0.1, 0.15) is 52.4 Å². The van der Waals surface area contributed by atoms with Crippen molar-refractivity contribution in [3.8, 4) is 0 Å². The molecule has 0 aromatic heterocycles. The molecule has 2 radical (unpaired) electrons. The first-order valence-corrected chi connectivity index (χ1v) is 14.0. The topological polar surface area (TPSA) is 89.9 Å². The van der Waals surface area contributed by atoms with Crippen LogP contribution in [-0.2, 0) is 23.9 Å². The zero-order valence-corrected chi connectivity index (χ0v) is 18.9. The van der Waals surface area contributed by atoms with Crippen molar-refractivity contribution in [3.05, 3.63) is 0 Å². The molecule has 1 atom stereocenters. The number of ether oxygens (including phenoxy) is 2. The Labute approximate surface area is 165 Å². The second kappa shape index (κ2) is 17.0. The minimum atomic E-state index is -0.667. The number of unbranched alkanes of at least 4 members (excludes halogenated alkanes) is 2. The molecule has 25 heavy (non-hydrogen) atoms. The fourth-order valence-electron chi connectivity index (χ4n) is 1.50. The average molecular weight is 481 g/mol. The van der Waals surface area contributed by atoms with Gasteiger partial charge >= 0.3 is 133 Å². The molecular weight excluding hydrogens is 451 g/mol. The predicted molar refractivity (Wildman–Crippen MR) is 100 cm³/mol. The van der Waals surface area contributed by atoms with E-state index in [0.717, 1.165) is 40.3 Å². The Hall–Kier alpha value is -0.441. The third-order valence-electron chi connectivity index (χ3n) is 3.14. The number of hydrogen-bond acceptors (Lipinski definition) is 6. The molecule has 1 aliphatic heterocycles. The van der Waals surface area contributed by atoms with E-state index in [1.807, 2.05) is 0 Å². The van der Waals surface area contributed by atoms with Crippen molar-refractivity contribution in [3.63, 3.8) is 0 Å². The molecule has 8 heteroatoms. The summed E-state index contributed by atoms with van der Waals surface area (Å²) in [5.41, 5.74) is 0. The molecule has 0 bridgehead atoms. The Kier molecular flexibility index (Phi) is 16.7. The van der Waals surface area contributed by atoms with Crippen molar-refractivity contribution < 1.29 is 29.0 Å². The van der Waals surface area contributed by atoms with E-state index in [4.69, 9.17) is 14.6 Å². The van der Waals surface area contributed by atoms with Gasteiger partial charge < -0.3 is 5.11 Å². The van der Waals surface area contributed by atoms with Gasteiger partial charge in [-0.2, -0.15) is 0 Å². The fourth-order valence-corrected chi connectivity index (χ4v) is 4.77. The zero-order valence-electron chi connectivity index (χ0n) is 15.3. The van der Waals surface area contributed by atoms with Gasteiger partial charge in [-0.15, -0.1) is 11.8 Å². The Morgan fingerprint density at radius 3 is 1.72 bits per heavy atom. The van der Waals surface area contributed by atoms with Gasteiger partial charge in [0.05, 0.1) is 0 Å². The maximum Gasteiger partial charge on any atom is 0.317 e. The van der Waals surface area contributed by atoms with E-state index in [1.54, 1.807) is 0 Å². The van der Waals surface area contributed by atoms with Crippen molar-refractivity contribution in [2.45, 2.75) is 66.5 Å². The molecule has 1 fully saturated rings. The monoisotopic (exact) mass is 482 g/mol. The standard InChI is InChI=1S/2C7H13O2.C3H4O2S.Sn/c2*1-3-5-6-9-7(8)4-2;4-3(5)2-1-6-2;/h2*2-6H2,1H3;2H,1H2,(H,4,5);. The van der Waals surface area contributed by atoms with Gasteiger partial charge in [0.1, 0.15) is 5.25 Å². The van der Waals surface area contributed by atoms with Gasteiger partial charge in [0.15, 0.2) is 0 Å². The molecule has 0 amide bonds. The van der Waals surface area contributed by atoms with Crippen LogP contribution in [0, 0.1) is 0 Å². The summed E-state index contributed by atoms with van der Waals surface area (Å²) in [4.78, 5) is 32.3. The number of aliphatic carboxylic acids is 1. The van der Waals surface area contributed by atoms with E-state index in [-0.39, 0.29) is 17.2 Å². The fraction of sp³-hybridized carbons (Fsp3) is 0.824. The molecule has 0 aliphatic carbocycles. The van der Waals surface area contributed by atoms with Crippen molar-refractivity contribution >= 4 is 50.8 Å². The smallest absolute Gasteiger partial charge is 0.317 e. The number of carboxylic acids is 1. The second-order valence-corrected chi connectivity index (χ2v) is 11.1. The third kappa shape index (κ3) is 18.2. The summed E-state index contributed by atoms with van der Waals surface area (Å²) in [5, 5.41) is 7.97. The Bertz CT molecular complexity index is 363. The minimum absolute atomic E-state index is 0.0648. The zero-order chi connectivity index (χ0) is 18.9. The van der Waals surface area contributed by atoms with E-state index in [2.05, 4.69) is 13.8 Å². The van der Waals surface area contributed by atoms with Crippen LogP contribution in [-0.4, -0.2) is 68.4 Å². The molecule has 1 saturated heterocycles. The van der Waals surface area contributed by atoms with Gasteiger partial charge in [-0.1, -0.05) is 0 Å². The molecule has 1 aliphatic rings. The van der Waals surface area contributed by atoms with Crippen LogP contribution in [0.15, 0.2) is 0 Å². The van der Waals surface area contributed by atoms with E-state index >= 15 is 0 Å². The predicted octanol–water partition coefficient (Wildman–Crippen LogP) is 3.18. The van der Waals surface area contributed by atoms with E-state index in [9.17, 15) is 14.4 Å². The number of carbonyl (C=O) groups excluding carboxylic acids is 2. The number of hydrogen-bond donors (Lipinski definition) is 1.